The molecule has 0 aromatic carbocycles. The normalized spacial score (nSPS) is 11.5. The van der Waals surface area contributed by atoms with Gasteiger partial charge in [-0.2, -0.15) is 0 Å². The highest BCUT2D eigenvalue weighted by molar-refractivity contribution is 5.81. The third-order valence-electron chi connectivity index (χ3n) is 2.42. The van der Waals surface area contributed by atoms with E-state index in [0.717, 1.165) is 5.56 Å². The summed E-state index contributed by atoms with van der Waals surface area (Å²) in [6.07, 6.45) is 1.39. The van der Waals surface area contributed by atoms with Crippen molar-refractivity contribution in [2.75, 3.05) is 17.6 Å². The zero-order valence-electron chi connectivity index (χ0n) is 12.2. The Morgan fingerprint density at radius 3 is 2.53 bits per heavy atom. The molecule has 1 heterocycles. The monoisotopic (exact) mass is 265 g/mol. The quantitative estimate of drug-likeness (QED) is 0.767. The van der Waals surface area contributed by atoms with Crippen molar-refractivity contribution in [3.05, 3.63) is 11.9 Å². The second-order valence-corrected chi connectivity index (χ2v) is 5.83. The largest absolute Gasteiger partial charge is 0.383 e. The van der Waals surface area contributed by atoms with Gasteiger partial charge in [0, 0.05) is 11.1 Å². The van der Waals surface area contributed by atoms with Crippen molar-refractivity contribution < 1.29 is 4.79 Å². The van der Waals surface area contributed by atoms with E-state index < -0.39 is 0 Å². The summed E-state index contributed by atoms with van der Waals surface area (Å²) in [7, 11) is 0. The Morgan fingerprint density at radius 1 is 1.37 bits per heavy atom. The van der Waals surface area contributed by atoms with Crippen molar-refractivity contribution in [1.82, 2.24) is 15.3 Å². The molecule has 0 radical (unpaired) electrons. The van der Waals surface area contributed by atoms with Crippen molar-refractivity contribution in [2.45, 2.75) is 46.1 Å². The number of aromatic nitrogens is 2. The molecule has 0 aliphatic heterocycles. The van der Waals surface area contributed by atoms with Gasteiger partial charge in [0.2, 0.25) is 5.91 Å². The first kappa shape index (κ1) is 15.2. The number of carbonyl (C=O) groups is 1. The Labute approximate surface area is 114 Å². The lowest BCUT2D eigenvalue weighted by Gasteiger charge is -2.21. The van der Waals surface area contributed by atoms with E-state index in [1.54, 1.807) is 0 Å². The molecule has 0 atom stereocenters. The number of nitrogens with two attached hydrogens (primary N) is 1. The summed E-state index contributed by atoms with van der Waals surface area (Å²) in [4.78, 5) is 19.9. The van der Waals surface area contributed by atoms with Crippen LogP contribution in [-0.2, 0) is 4.79 Å². The second-order valence-electron chi connectivity index (χ2n) is 5.83. The van der Waals surface area contributed by atoms with Crippen molar-refractivity contribution in [3.8, 4) is 0 Å². The van der Waals surface area contributed by atoms with E-state index in [0.29, 0.717) is 11.6 Å². The Morgan fingerprint density at radius 2 is 2.00 bits per heavy atom. The Balaban J connectivity index is 2.73. The van der Waals surface area contributed by atoms with Gasteiger partial charge in [-0.15, -0.1) is 0 Å². The first-order chi connectivity index (χ1) is 8.70. The number of amides is 1. The number of carbonyl (C=O) groups excluding carboxylic acids is 1. The molecule has 1 amide bonds. The molecule has 0 bridgehead atoms. The highest BCUT2D eigenvalue weighted by atomic mass is 16.2. The van der Waals surface area contributed by atoms with Gasteiger partial charge >= 0.3 is 0 Å². The van der Waals surface area contributed by atoms with Crippen molar-refractivity contribution in [1.29, 1.82) is 0 Å². The number of rotatable bonds is 4. The Kier molecular flexibility index (Phi) is 4.69. The number of nitrogens with one attached hydrogen (secondary N) is 2. The maximum Gasteiger partial charge on any atom is 0.239 e. The van der Waals surface area contributed by atoms with Crippen LogP contribution in [0.3, 0.4) is 0 Å². The zero-order valence-corrected chi connectivity index (χ0v) is 12.2. The molecule has 1 rings (SSSR count). The van der Waals surface area contributed by atoms with Crippen LogP contribution < -0.4 is 16.4 Å². The van der Waals surface area contributed by atoms with Crippen LogP contribution in [0.4, 0.5) is 11.6 Å². The van der Waals surface area contributed by atoms with Gasteiger partial charge in [-0.05, 0) is 26.7 Å². The molecule has 0 saturated heterocycles. The van der Waals surface area contributed by atoms with Crippen LogP contribution in [0.25, 0.3) is 0 Å². The molecule has 0 aliphatic rings. The minimum Gasteiger partial charge on any atom is -0.383 e. The third kappa shape index (κ3) is 4.73. The van der Waals surface area contributed by atoms with Crippen molar-refractivity contribution >= 4 is 17.5 Å². The van der Waals surface area contributed by atoms with E-state index in [4.69, 9.17) is 5.73 Å². The minimum absolute atomic E-state index is 0.0839. The summed E-state index contributed by atoms with van der Waals surface area (Å²) >= 11 is 0. The Hall–Kier alpha value is -1.85. The molecular weight excluding hydrogens is 242 g/mol. The molecule has 6 nitrogen and oxygen atoms in total. The number of nitrogen functional groups attached to an aromatic ring is 1. The molecular formula is C13H23N5O. The number of hydrogen-bond acceptors (Lipinski definition) is 5. The van der Waals surface area contributed by atoms with Crippen LogP contribution in [0, 0.1) is 0 Å². The molecule has 0 saturated carbocycles. The van der Waals surface area contributed by atoms with Gasteiger partial charge in [0.05, 0.1) is 6.54 Å². The summed E-state index contributed by atoms with van der Waals surface area (Å²) in [5, 5.41) is 5.89. The molecule has 4 N–H and O–H groups in total. The summed E-state index contributed by atoms with van der Waals surface area (Å²) in [5.41, 5.74) is 6.43. The lowest BCUT2D eigenvalue weighted by Crippen LogP contribution is -2.43. The first-order valence-electron chi connectivity index (χ1n) is 6.36. The molecule has 0 spiro atoms. The predicted molar refractivity (Wildman–Crippen MR) is 76.9 cm³/mol. The predicted octanol–water partition coefficient (Wildman–Crippen LogP) is 1.51. The van der Waals surface area contributed by atoms with E-state index in [9.17, 15) is 4.79 Å². The van der Waals surface area contributed by atoms with Crippen LogP contribution in [0.1, 0.15) is 46.1 Å². The van der Waals surface area contributed by atoms with E-state index in [2.05, 4.69) is 20.6 Å². The van der Waals surface area contributed by atoms with Gasteiger partial charge in [-0.1, -0.05) is 13.8 Å². The molecule has 0 unspecified atom stereocenters. The first-order valence-corrected chi connectivity index (χ1v) is 6.36. The van der Waals surface area contributed by atoms with Crippen molar-refractivity contribution in [2.24, 2.45) is 0 Å². The smallest absolute Gasteiger partial charge is 0.239 e. The number of hydrogen-bond donors (Lipinski definition) is 3. The summed E-state index contributed by atoms with van der Waals surface area (Å²) in [6, 6.07) is 0. The topological polar surface area (TPSA) is 92.9 Å². The number of nitrogens with zero attached hydrogens (tertiary/aromatic N) is 2. The van der Waals surface area contributed by atoms with Crippen LogP contribution in [0.5, 0.6) is 0 Å². The van der Waals surface area contributed by atoms with E-state index in [-0.39, 0.29) is 23.9 Å². The average molecular weight is 265 g/mol. The van der Waals surface area contributed by atoms with Gasteiger partial charge in [0.15, 0.2) is 0 Å². The lowest BCUT2D eigenvalue weighted by atomic mass is 10.0. The SMILES string of the molecule is CC(C)c1c(N)ncnc1NCC(=O)NC(C)(C)C. The minimum atomic E-state index is -0.246. The maximum atomic E-state index is 11.7. The maximum absolute atomic E-state index is 11.7. The highest BCUT2D eigenvalue weighted by Gasteiger charge is 2.16. The van der Waals surface area contributed by atoms with Crippen LogP contribution in [-0.4, -0.2) is 28.0 Å². The van der Waals surface area contributed by atoms with Gasteiger partial charge in [0.25, 0.3) is 0 Å². The molecule has 6 heteroatoms. The fourth-order valence-corrected chi connectivity index (χ4v) is 1.75. The van der Waals surface area contributed by atoms with E-state index in [1.807, 2.05) is 34.6 Å². The van der Waals surface area contributed by atoms with Crippen LogP contribution >= 0.6 is 0 Å². The standard InChI is InChI=1S/C13H23N5O/c1-8(2)10-11(14)16-7-17-12(10)15-6-9(19)18-13(3,4)5/h7-8H,6H2,1-5H3,(H,18,19)(H3,14,15,16,17). The summed E-state index contributed by atoms with van der Waals surface area (Å²) < 4.78 is 0. The fraction of sp³-hybridized carbons (Fsp3) is 0.615. The van der Waals surface area contributed by atoms with E-state index >= 15 is 0 Å². The molecule has 1 aromatic heterocycles. The molecule has 0 aliphatic carbocycles. The van der Waals surface area contributed by atoms with Gasteiger partial charge in [0.1, 0.15) is 18.0 Å². The van der Waals surface area contributed by atoms with Crippen LogP contribution in [0.2, 0.25) is 0 Å². The number of anilines is 2. The average Bonchev–Trinajstić information content (AvgIpc) is 2.23. The lowest BCUT2D eigenvalue weighted by molar-refractivity contribution is -0.120. The highest BCUT2D eigenvalue weighted by Crippen LogP contribution is 2.25. The van der Waals surface area contributed by atoms with Gasteiger partial charge in [-0.3, -0.25) is 4.79 Å². The fourth-order valence-electron chi connectivity index (χ4n) is 1.75. The third-order valence-corrected chi connectivity index (χ3v) is 2.42. The molecule has 0 fully saturated rings. The zero-order chi connectivity index (χ0) is 14.6. The van der Waals surface area contributed by atoms with Crippen molar-refractivity contribution in [3.63, 3.8) is 0 Å². The van der Waals surface area contributed by atoms with Crippen LogP contribution in [0.15, 0.2) is 6.33 Å². The molecule has 106 valence electrons. The van der Waals surface area contributed by atoms with Gasteiger partial charge in [-0.25, -0.2) is 9.97 Å². The van der Waals surface area contributed by atoms with E-state index in [1.165, 1.54) is 6.33 Å². The second kappa shape index (κ2) is 5.86. The summed E-state index contributed by atoms with van der Waals surface area (Å²) in [6.45, 7) is 9.99. The van der Waals surface area contributed by atoms with Gasteiger partial charge < -0.3 is 16.4 Å². The summed E-state index contributed by atoms with van der Waals surface area (Å²) in [5.74, 6) is 1.17. The molecule has 1 aromatic rings. The Bertz CT molecular complexity index is 451. The molecule has 19 heavy (non-hydrogen) atoms.